The van der Waals surface area contributed by atoms with Gasteiger partial charge in [-0.2, -0.15) is 0 Å². The Balaban J connectivity index is 1.79. The Hall–Kier alpha value is -2.41. The van der Waals surface area contributed by atoms with Crippen LogP contribution in [-0.4, -0.2) is 46.8 Å². The first-order valence-electron chi connectivity index (χ1n) is 9.69. The molecule has 0 N–H and O–H groups in total. The fourth-order valence-electron chi connectivity index (χ4n) is 3.63. The number of hydrogen-bond acceptors (Lipinski definition) is 4. The first-order valence-corrected chi connectivity index (χ1v) is 10.6. The summed E-state index contributed by atoms with van der Waals surface area (Å²) in [5.74, 6) is 0.0116. The topological polar surface area (TPSA) is 49.9 Å². The SMILES string of the molecule is CC(=O)N(CC(=O)N1CCc2sccc2[C@H]1COc1ccc(F)cc1)C(C)(C)C. The fourth-order valence-corrected chi connectivity index (χ4v) is 4.56. The average Bonchev–Trinajstić information content (AvgIpc) is 3.13. The molecule has 29 heavy (non-hydrogen) atoms. The highest BCUT2D eigenvalue weighted by molar-refractivity contribution is 7.10. The molecule has 0 fully saturated rings. The molecule has 5 nitrogen and oxygen atoms in total. The molecule has 3 rings (SSSR count). The number of rotatable bonds is 5. The van der Waals surface area contributed by atoms with Crippen molar-refractivity contribution in [2.24, 2.45) is 0 Å². The van der Waals surface area contributed by atoms with Crippen LogP contribution in [0.5, 0.6) is 5.75 Å². The first-order chi connectivity index (χ1) is 13.7. The van der Waals surface area contributed by atoms with Crippen molar-refractivity contribution in [3.8, 4) is 5.75 Å². The van der Waals surface area contributed by atoms with Crippen LogP contribution in [0.25, 0.3) is 0 Å². The van der Waals surface area contributed by atoms with Gasteiger partial charge in [0, 0.05) is 23.9 Å². The van der Waals surface area contributed by atoms with E-state index in [0.29, 0.717) is 12.3 Å². The highest BCUT2D eigenvalue weighted by Gasteiger charge is 2.35. The number of amides is 2. The molecule has 0 aliphatic carbocycles. The Morgan fingerprint density at radius 2 is 1.93 bits per heavy atom. The Kier molecular flexibility index (Phi) is 6.27. The summed E-state index contributed by atoms with van der Waals surface area (Å²) in [6.45, 7) is 8.14. The number of ether oxygens (including phenoxy) is 1. The molecule has 0 saturated heterocycles. The molecule has 1 aliphatic heterocycles. The van der Waals surface area contributed by atoms with E-state index in [2.05, 4.69) is 0 Å². The molecule has 2 amide bonds. The Morgan fingerprint density at radius 3 is 2.55 bits per heavy atom. The first kappa shape index (κ1) is 21.3. The van der Waals surface area contributed by atoms with Crippen molar-refractivity contribution in [3.63, 3.8) is 0 Å². The third kappa shape index (κ3) is 4.96. The van der Waals surface area contributed by atoms with Gasteiger partial charge in [-0.1, -0.05) is 0 Å². The van der Waals surface area contributed by atoms with Crippen LogP contribution in [0.4, 0.5) is 4.39 Å². The van der Waals surface area contributed by atoms with Gasteiger partial charge in [-0.25, -0.2) is 4.39 Å². The van der Waals surface area contributed by atoms with Gasteiger partial charge in [0.2, 0.25) is 11.8 Å². The molecule has 0 saturated carbocycles. The Bertz CT molecular complexity index is 873. The van der Waals surface area contributed by atoms with Crippen LogP contribution in [0.15, 0.2) is 35.7 Å². The van der Waals surface area contributed by atoms with Crippen molar-refractivity contribution < 1.29 is 18.7 Å². The second kappa shape index (κ2) is 8.53. The van der Waals surface area contributed by atoms with Crippen molar-refractivity contribution >= 4 is 23.2 Å². The highest BCUT2D eigenvalue weighted by atomic mass is 32.1. The molecule has 1 atom stereocenters. The van der Waals surface area contributed by atoms with E-state index in [9.17, 15) is 14.0 Å². The van der Waals surface area contributed by atoms with Crippen LogP contribution in [0.2, 0.25) is 0 Å². The van der Waals surface area contributed by atoms with E-state index in [0.717, 1.165) is 12.0 Å². The number of halogens is 1. The average molecular weight is 419 g/mol. The summed E-state index contributed by atoms with van der Waals surface area (Å²) in [7, 11) is 0. The summed E-state index contributed by atoms with van der Waals surface area (Å²) in [5, 5.41) is 2.03. The number of thiophene rings is 1. The van der Waals surface area contributed by atoms with Gasteiger partial charge in [-0.05, 0) is 68.5 Å². The van der Waals surface area contributed by atoms with Crippen LogP contribution in [-0.2, 0) is 16.0 Å². The maximum Gasteiger partial charge on any atom is 0.242 e. The minimum Gasteiger partial charge on any atom is -0.491 e. The van der Waals surface area contributed by atoms with Crippen molar-refractivity contribution in [3.05, 3.63) is 52.0 Å². The summed E-state index contributed by atoms with van der Waals surface area (Å²) in [6.07, 6.45) is 0.793. The monoisotopic (exact) mass is 418 g/mol. The number of carbonyl (C=O) groups is 2. The zero-order valence-corrected chi connectivity index (χ0v) is 18.1. The van der Waals surface area contributed by atoms with Gasteiger partial charge in [0.05, 0.1) is 6.04 Å². The predicted octanol–water partition coefficient (Wildman–Crippen LogP) is 4.04. The zero-order chi connectivity index (χ0) is 21.2. The molecule has 0 radical (unpaired) electrons. The highest BCUT2D eigenvalue weighted by Crippen LogP contribution is 2.34. The van der Waals surface area contributed by atoms with E-state index in [1.165, 1.54) is 23.9 Å². The minimum absolute atomic E-state index is 0.0331. The number of nitrogens with zero attached hydrogens (tertiary/aromatic N) is 2. The number of carbonyl (C=O) groups excluding carboxylic acids is 2. The maximum atomic E-state index is 13.2. The minimum atomic E-state index is -0.440. The lowest BCUT2D eigenvalue weighted by Crippen LogP contribution is -2.52. The second-order valence-electron chi connectivity index (χ2n) is 8.19. The lowest BCUT2D eigenvalue weighted by atomic mass is 10.00. The molecule has 2 heterocycles. The van der Waals surface area contributed by atoms with Gasteiger partial charge in [-0.3, -0.25) is 9.59 Å². The van der Waals surface area contributed by atoms with Crippen molar-refractivity contribution in [1.29, 1.82) is 0 Å². The molecule has 156 valence electrons. The van der Waals surface area contributed by atoms with Crippen LogP contribution in [0.1, 0.15) is 44.2 Å². The standard InChI is InChI=1S/C22H27FN2O3S/c1-15(26)25(22(2,3)4)13-21(27)24-11-9-20-18(10-12-29-20)19(24)14-28-17-7-5-16(23)6-8-17/h5-8,10,12,19H,9,11,13-14H2,1-4H3/t19-/m1/s1. The van der Waals surface area contributed by atoms with E-state index in [-0.39, 0.29) is 36.8 Å². The molecule has 0 unspecified atom stereocenters. The fraction of sp³-hybridized carbons (Fsp3) is 0.455. The Labute approximate surface area is 175 Å². The quantitative estimate of drug-likeness (QED) is 0.736. The molecule has 2 aromatic rings. The smallest absolute Gasteiger partial charge is 0.242 e. The molecular weight excluding hydrogens is 391 g/mol. The van der Waals surface area contributed by atoms with Crippen molar-refractivity contribution in [1.82, 2.24) is 9.80 Å². The van der Waals surface area contributed by atoms with Gasteiger partial charge in [0.15, 0.2) is 0 Å². The zero-order valence-electron chi connectivity index (χ0n) is 17.3. The third-order valence-corrected chi connectivity index (χ3v) is 6.12. The van der Waals surface area contributed by atoms with Crippen LogP contribution in [0, 0.1) is 5.82 Å². The van der Waals surface area contributed by atoms with Crippen LogP contribution < -0.4 is 4.74 Å². The normalized spacial score (nSPS) is 16.3. The molecule has 0 bridgehead atoms. The molecule has 1 aliphatic rings. The molecule has 1 aromatic heterocycles. The number of benzene rings is 1. The van der Waals surface area contributed by atoms with E-state index in [1.807, 2.05) is 32.2 Å². The van der Waals surface area contributed by atoms with Crippen molar-refractivity contribution in [2.45, 2.75) is 45.7 Å². The van der Waals surface area contributed by atoms with E-state index in [1.54, 1.807) is 33.3 Å². The maximum absolute atomic E-state index is 13.2. The van der Waals surface area contributed by atoms with Crippen molar-refractivity contribution in [2.75, 3.05) is 19.7 Å². The van der Waals surface area contributed by atoms with Gasteiger partial charge in [0.1, 0.15) is 24.7 Å². The molecule has 1 aromatic carbocycles. The Morgan fingerprint density at radius 1 is 1.24 bits per heavy atom. The molecule has 0 spiro atoms. The van der Waals surface area contributed by atoms with Gasteiger partial charge < -0.3 is 14.5 Å². The summed E-state index contributed by atoms with van der Waals surface area (Å²) in [5.41, 5.74) is 0.645. The lowest BCUT2D eigenvalue weighted by Gasteiger charge is -2.39. The van der Waals surface area contributed by atoms with Gasteiger partial charge >= 0.3 is 0 Å². The largest absolute Gasteiger partial charge is 0.491 e. The van der Waals surface area contributed by atoms with Crippen LogP contribution in [0.3, 0.4) is 0 Å². The van der Waals surface area contributed by atoms with Gasteiger partial charge in [-0.15, -0.1) is 11.3 Å². The van der Waals surface area contributed by atoms with Crippen LogP contribution >= 0.6 is 11.3 Å². The number of hydrogen-bond donors (Lipinski definition) is 0. The number of fused-ring (bicyclic) bond motifs is 1. The second-order valence-corrected chi connectivity index (χ2v) is 9.19. The van der Waals surface area contributed by atoms with E-state index >= 15 is 0 Å². The van der Waals surface area contributed by atoms with E-state index in [4.69, 9.17) is 4.74 Å². The van der Waals surface area contributed by atoms with E-state index < -0.39 is 5.54 Å². The summed E-state index contributed by atoms with van der Waals surface area (Å²) in [6, 6.07) is 7.65. The third-order valence-electron chi connectivity index (χ3n) is 5.12. The van der Waals surface area contributed by atoms with Gasteiger partial charge in [0.25, 0.3) is 0 Å². The summed E-state index contributed by atoms with van der Waals surface area (Å²) < 4.78 is 19.0. The lowest BCUT2D eigenvalue weighted by molar-refractivity contribution is -0.145. The summed E-state index contributed by atoms with van der Waals surface area (Å²) in [4.78, 5) is 29.9. The summed E-state index contributed by atoms with van der Waals surface area (Å²) >= 11 is 1.68. The molecule has 7 heteroatoms. The predicted molar refractivity (Wildman–Crippen MR) is 112 cm³/mol. The molecular formula is C22H27FN2O3S.